The summed E-state index contributed by atoms with van der Waals surface area (Å²) in [5.41, 5.74) is 4.01. The molecular weight excluding hydrogens is 212 g/mol. The lowest BCUT2D eigenvalue weighted by molar-refractivity contribution is 0.415. The lowest BCUT2D eigenvalue weighted by Gasteiger charge is -2.01. The lowest BCUT2D eigenvalue weighted by atomic mass is 10.1. The number of nitrogens with one attached hydrogen (secondary N) is 1. The van der Waals surface area contributed by atoms with E-state index in [4.69, 9.17) is 4.74 Å². The van der Waals surface area contributed by atoms with Gasteiger partial charge in [0.1, 0.15) is 5.75 Å². The molecule has 17 heavy (non-hydrogen) atoms. The molecular formula is C14H20N2O. The van der Waals surface area contributed by atoms with Crippen LogP contribution in [0.4, 0.5) is 0 Å². The predicted molar refractivity (Wildman–Crippen MR) is 71.8 cm³/mol. The van der Waals surface area contributed by atoms with Gasteiger partial charge < -0.3 is 14.6 Å². The highest BCUT2D eigenvalue weighted by molar-refractivity contribution is 5.86. The highest BCUT2D eigenvalue weighted by Gasteiger charge is 2.11. The third-order valence-corrected chi connectivity index (χ3v) is 3.46. The molecule has 0 aliphatic heterocycles. The van der Waals surface area contributed by atoms with Crippen LogP contribution in [0.2, 0.25) is 0 Å². The van der Waals surface area contributed by atoms with Crippen molar-refractivity contribution in [1.82, 2.24) is 9.88 Å². The summed E-state index contributed by atoms with van der Waals surface area (Å²) < 4.78 is 7.52. The van der Waals surface area contributed by atoms with E-state index >= 15 is 0 Å². The predicted octanol–water partition coefficient (Wildman–Crippen LogP) is 2.26. The zero-order valence-corrected chi connectivity index (χ0v) is 11.0. The van der Waals surface area contributed by atoms with E-state index in [0.717, 1.165) is 18.7 Å². The van der Waals surface area contributed by atoms with Gasteiger partial charge in [0.15, 0.2) is 0 Å². The van der Waals surface area contributed by atoms with Crippen molar-refractivity contribution in [2.45, 2.75) is 13.3 Å². The molecule has 2 rings (SSSR count). The van der Waals surface area contributed by atoms with Crippen molar-refractivity contribution in [2.24, 2.45) is 7.05 Å². The number of likely N-dealkylation sites (N-methyl/N-ethyl adjacent to an activating group) is 1. The molecule has 1 N–H and O–H groups in total. The number of hydrogen-bond acceptors (Lipinski definition) is 2. The minimum absolute atomic E-state index is 0.915. The Kier molecular flexibility index (Phi) is 3.38. The van der Waals surface area contributed by atoms with Crippen molar-refractivity contribution >= 4 is 10.9 Å². The molecule has 0 radical (unpaired) electrons. The quantitative estimate of drug-likeness (QED) is 0.875. The molecule has 0 saturated heterocycles. The van der Waals surface area contributed by atoms with Crippen molar-refractivity contribution in [2.75, 3.05) is 20.7 Å². The number of methoxy groups -OCH3 is 1. The Bertz CT molecular complexity index is 528. The van der Waals surface area contributed by atoms with E-state index in [1.54, 1.807) is 7.11 Å². The molecule has 0 atom stereocenters. The van der Waals surface area contributed by atoms with Gasteiger partial charge in [0, 0.05) is 24.2 Å². The van der Waals surface area contributed by atoms with Crippen LogP contribution in [0.3, 0.4) is 0 Å². The van der Waals surface area contributed by atoms with Crippen LogP contribution in [-0.2, 0) is 13.5 Å². The Labute approximate surface area is 102 Å². The molecule has 2 aromatic rings. The fraction of sp³-hybridized carbons (Fsp3) is 0.429. The number of hydrogen-bond donors (Lipinski definition) is 1. The molecule has 0 bridgehead atoms. The van der Waals surface area contributed by atoms with Crippen LogP contribution in [0.25, 0.3) is 10.9 Å². The lowest BCUT2D eigenvalue weighted by Crippen LogP contribution is -2.10. The Morgan fingerprint density at radius 1 is 1.35 bits per heavy atom. The van der Waals surface area contributed by atoms with Gasteiger partial charge in [-0.3, -0.25) is 0 Å². The summed E-state index contributed by atoms with van der Waals surface area (Å²) in [7, 11) is 5.81. The number of nitrogens with zero attached hydrogens (tertiary/aromatic N) is 1. The van der Waals surface area contributed by atoms with Gasteiger partial charge in [-0.25, -0.2) is 0 Å². The molecule has 1 aromatic heterocycles. The average molecular weight is 232 g/mol. The molecule has 0 unspecified atom stereocenters. The van der Waals surface area contributed by atoms with Gasteiger partial charge in [0.2, 0.25) is 0 Å². The molecule has 1 heterocycles. The van der Waals surface area contributed by atoms with Crippen LogP contribution in [0.1, 0.15) is 11.3 Å². The third kappa shape index (κ3) is 2.03. The molecule has 0 fully saturated rings. The summed E-state index contributed by atoms with van der Waals surface area (Å²) in [5.74, 6) is 0.915. The summed E-state index contributed by atoms with van der Waals surface area (Å²) in [4.78, 5) is 0. The van der Waals surface area contributed by atoms with Crippen LogP contribution in [-0.4, -0.2) is 25.3 Å². The SMILES string of the molecule is CNCCc1c(C)n(C)c2cc(OC)ccc12. The minimum atomic E-state index is 0.915. The molecule has 0 saturated carbocycles. The first-order chi connectivity index (χ1) is 8.19. The normalized spacial score (nSPS) is 11.1. The molecule has 3 nitrogen and oxygen atoms in total. The first kappa shape index (κ1) is 12.0. The fourth-order valence-corrected chi connectivity index (χ4v) is 2.31. The number of aromatic nitrogens is 1. The summed E-state index contributed by atoms with van der Waals surface area (Å²) >= 11 is 0. The second kappa shape index (κ2) is 4.80. The molecule has 1 aromatic carbocycles. The van der Waals surface area contributed by atoms with Crippen molar-refractivity contribution in [1.29, 1.82) is 0 Å². The summed E-state index contributed by atoms with van der Waals surface area (Å²) in [5, 5.41) is 4.54. The number of fused-ring (bicyclic) bond motifs is 1. The van der Waals surface area contributed by atoms with E-state index in [1.807, 2.05) is 13.1 Å². The van der Waals surface area contributed by atoms with Gasteiger partial charge >= 0.3 is 0 Å². The third-order valence-electron chi connectivity index (χ3n) is 3.46. The van der Waals surface area contributed by atoms with E-state index in [1.165, 1.54) is 22.2 Å². The fourth-order valence-electron chi connectivity index (χ4n) is 2.31. The molecule has 0 aliphatic carbocycles. The van der Waals surface area contributed by atoms with E-state index in [9.17, 15) is 0 Å². The maximum absolute atomic E-state index is 5.28. The van der Waals surface area contributed by atoms with Gasteiger partial charge in [-0.2, -0.15) is 0 Å². The zero-order valence-electron chi connectivity index (χ0n) is 11.0. The molecule has 3 heteroatoms. The topological polar surface area (TPSA) is 26.2 Å². The van der Waals surface area contributed by atoms with Crippen LogP contribution in [0.5, 0.6) is 5.75 Å². The highest BCUT2D eigenvalue weighted by atomic mass is 16.5. The number of rotatable bonds is 4. The molecule has 92 valence electrons. The van der Waals surface area contributed by atoms with Crippen molar-refractivity contribution < 1.29 is 4.74 Å². The second-order valence-corrected chi connectivity index (χ2v) is 4.36. The van der Waals surface area contributed by atoms with Crippen molar-refractivity contribution in [3.05, 3.63) is 29.5 Å². The zero-order chi connectivity index (χ0) is 12.4. The van der Waals surface area contributed by atoms with E-state index in [2.05, 4.69) is 36.0 Å². The van der Waals surface area contributed by atoms with E-state index < -0.39 is 0 Å². The van der Waals surface area contributed by atoms with Gasteiger partial charge in [-0.05, 0) is 44.6 Å². The smallest absolute Gasteiger partial charge is 0.120 e. The molecule has 0 amide bonds. The van der Waals surface area contributed by atoms with Crippen LogP contribution < -0.4 is 10.1 Å². The van der Waals surface area contributed by atoms with Crippen molar-refractivity contribution in [3.63, 3.8) is 0 Å². The first-order valence-electron chi connectivity index (χ1n) is 5.95. The minimum Gasteiger partial charge on any atom is -0.497 e. The molecule has 0 aliphatic rings. The standard InChI is InChI=1S/C14H20N2O/c1-10-12(7-8-15-2)13-6-5-11(17-4)9-14(13)16(10)3/h5-6,9,15H,7-8H2,1-4H3. The first-order valence-corrected chi connectivity index (χ1v) is 5.95. The highest BCUT2D eigenvalue weighted by Crippen LogP contribution is 2.28. The number of benzene rings is 1. The van der Waals surface area contributed by atoms with Gasteiger partial charge in [0.25, 0.3) is 0 Å². The van der Waals surface area contributed by atoms with Crippen LogP contribution in [0, 0.1) is 6.92 Å². The van der Waals surface area contributed by atoms with Crippen LogP contribution in [0.15, 0.2) is 18.2 Å². The van der Waals surface area contributed by atoms with Gasteiger partial charge in [-0.1, -0.05) is 0 Å². The Morgan fingerprint density at radius 3 is 2.76 bits per heavy atom. The van der Waals surface area contributed by atoms with Gasteiger partial charge in [0.05, 0.1) is 12.6 Å². The summed E-state index contributed by atoms with van der Waals surface area (Å²) in [6.07, 6.45) is 1.06. The summed E-state index contributed by atoms with van der Waals surface area (Å²) in [6, 6.07) is 6.29. The van der Waals surface area contributed by atoms with Gasteiger partial charge in [-0.15, -0.1) is 0 Å². The monoisotopic (exact) mass is 232 g/mol. The van der Waals surface area contributed by atoms with E-state index in [0.29, 0.717) is 0 Å². The Morgan fingerprint density at radius 2 is 2.12 bits per heavy atom. The maximum atomic E-state index is 5.28. The summed E-state index contributed by atoms with van der Waals surface area (Å²) in [6.45, 7) is 3.18. The number of aryl methyl sites for hydroxylation is 1. The van der Waals surface area contributed by atoms with Crippen molar-refractivity contribution in [3.8, 4) is 5.75 Å². The molecule has 0 spiro atoms. The van der Waals surface area contributed by atoms with Crippen LogP contribution >= 0.6 is 0 Å². The van der Waals surface area contributed by atoms with E-state index in [-0.39, 0.29) is 0 Å². The Hall–Kier alpha value is -1.48. The number of ether oxygens (including phenoxy) is 1. The largest absolute Gasteiger partial charge is 0.497 e. The Balaban J connectivity index is 2.56. The average Bonchev–Trinajstić information content (AvgIpc) is 2.60. The second-order valence-electron chi connectivity index (χ2n) is 4.36. The maximum Gasteiger partial charge on any atom is 0.120 e.